The Labute approximate surface area is 138 Å². The Morgan fingerprint density at radius 1 is 1.39 bits per heavy atom. The SMILES string of the molecule is CCO[C@H]1OC(C(=O)NC2CCC2)=C[C@@H](C2CC2)[C@H]1CCCO. The number of amides is 1. The van der Waals surface area contributed by atoms with Crippen molar-refractivity contribution in [1.29, 1.82) is 0 Å². The Kier molecular flexibility index (Phi) is 5.59. The number of ether oxygens (including phenoxy) is 2. The molecule has 1 aliphatic heterocycles. The van der Waals surface area contributed by atoms with Crippen molar-refractivity contribution in [2.45, 2.75) is 64.2 Å². The van der Waals surface area contributed by atoms with Gasteiger partial charge in [-0.05, 0) is 69.8 Å². The van der Waals surface area contributed by atoms with Gasteiger partial charge in [0.2, 0.25) is 6.29 Å². The lowest BCUT2D eigenvalue weighted by Crippen LogP contribution is -2.44. The van der Waals surface area contributed by atoms with E-state index in [1.807, 2.05) is 13.0 Å². The molecule has 0 aromatic heterocycles. The maximum atomic E-state index is 12.5. The Morgan fingerprint density at radius 2 is 2.17 bits per heavy atom. The summed E-state index contributed by atoms with van der Waals surface area (Å²) in [6.45, 7) is 2.70. The second kappa shape index (κ2) is 7.67. The molecule has 5 nitrogen and oxygen atoms in total. The molecule has 3 atom stereocenters. The van der Waals surface area contributed by atoms with Crippen LogP contribution in [0.5, 0.6) is 0 Å². The molecule has 2 saturated carbocycles. The van der Waals surface area contributed by atoms with Crippen LogP contribution in [0.1, 0.15) is 51.9 Å². The fraction of sp³-hybridized carbons (Fsp3) is 0.833. The highest BCUT2D eigenvalue weighted by Gasteiger charge is 2.44. The molecule has 23 heavy (non-hydrogen) atoms. The molecule has 0 saturated heterocycles. The maximum Gasteiger partial charge on any atom is 0.286 e. The largest absolute Gasteiger partial charge is 0.459 e. The minimum Gasteiger partial charge on any atom is -0.459 e. The van der Waals surface area contributed by atoms with Gasteiger partial charge < -0.3 is 19.9 Å². The molecule has 0 spiro atoms. The van der Waals surface area contributed by atoms with Crippen molar-refractivity contribution in [1.82, 2.24) is 5.32 Å². The van der Waals surface area contributed by atoms with Crippen LogP contribution in [0.15, 0.2) is 11.8 Å². The van der Waals surface area contributed by atoms with Gasteiger partial charge in [-0.25, -0.2) is 0 Å². The van der Waals surface area contributed by atoms with Crippen LogP contribution in [0, 0.1) is 17.8 Å². The monoisotopic (exact) mass is 323 g/mol. The first-order valence-electron chi connectivity index (χ1n) is 9.14. The molecular weight excluding hydrogens is 294 g/mol. The van der Waals surface area contributed by atoms with Crippen molar-refractivity contribution in [2.75, 3.05) is 13.2 Å². The lowest BCUT2D eigenvalue weighted by Gasteiger charge is -2.37. The zero-order valence-corrected chi connectivity index (χ0v) is 14.0. The van der Waals surface area contributed by atoms with Gasteiger partial charge in [0.1, 0.15) is 0 Å². The molecule has 130 valence electrons. The quantitative estimate of drug-likeness (QED) is 0.719. The Hall–Kier alpha value is -1.07. The molecule has 1 amide bonds. The van der Waals surface area contributed by atoms with E-state index in [9.17, 15) is 4.79 Å². The summed E-state index contributed by atoms with van der Waals surface area (Å²) in [5.74, 6) is 1.54. The van der Waals surface area contributed by atoms with Crippen LogP contribution in [0.4, 0.5) is 0 Å². The second-order valence-electron chi connectivity index (χ2n) is 7.02. The summed E-state index contributed by atoms with van der Waals surface area (Å²) < 4.78 is 11.7. The molecule has 2 N–H and O–H groups in total. The van der Waals surface area contributed by atoms with Crippen molar-refractivity contribution in [3.63, 3.8) is 0 Å². The zero-order valence-electron chi connectivity index (χ0n) is 14.0. The predicted molar refractivity (Wildman–Crippen MR) is 86.4 cm³/mol. The molecule has 0 unspecified atom stereocenters. The van der Waals surface area contributed by atoms with E-state index in [-0.39, 0.29) is 24.7 Å². The maximum absolute atomic E-state index is 12.5. The van der Waals surface area contributed by atoms with E-state index in [0.29, 0.717) is 30.2 Å². The van der Waals surface area contributed by atoms with E-state index in [1.165, 1.54) is 19.3 Å². The summed E-state index contributed by atoms with van der Waals surface area (Å²) in [6, 6.07) is 0.309. The van der Waals surface area contributed by atoms with Gasteiger partial charge in [0.15, 0.2) is 5.76 Å². The van der Waals surface area contributed by atoms with Crippen molar-refractivity contribution in [3.8, 4) is 0 Å². The molecule has 1 heterocycles. The van der Waals surface area contributed by atoms with E-state index >= 15 is 0 Å². The Balaban J connectivity index is 1.72. The Morgan fingerprint density at radius 3 is 2.74 bits per heavy atom. The molecule has 5 heteroatoms. The van der Waals surface area contributed by atoms with Crippen molar-refractivity contribution >= 4 is 5.91 Å². The number of allylic oxidation sites excluding steroid dienone is 1. The van der Waals surface area contributed by atoms with Gasteiger partial charge in [0, 0.05) is 25.2 Å². The van der Waals surface area contributed by atoms with Crippen LogP contribution in [0.25, 0.3) is 0 Å². The third kappa shape index (κ3) is 4.07. The highest BCUT2D eigenvalue weighted by Crippen LogP contribution is 2.47. The number of hydrogen-bond acceptors (Lipinski definition) is 4. The van der Waals surface area contributed by atoms with E-state index in [4.69, 9.17) is 14.6 Å². The van der Waals surface area contributed by atoms with Gasteiger partial charge in [0.05, 0.1) is 0 Å². The first kappa shape index (κ1) is 16.8. The summed E-state index contributed by atoms with van der Waals surface area (Å²) in [4.78, 5) is 12.5. The minimum atomic E-state index is -0.371. The van der Waals surface area contributed by atoms with Gasteiger partial charge in [-0.1, -0.05) is 0 Å². The molecular formula is C18H29NO4. The van der Waals surface area contributed by atoms with Crippen molar-refractivity contribution in [2.24, 2.45) is 17.8 Å². The molecule has 2 fully saturated rings. The van der Waals surface area contributed by atoms with Crippen molar-refractivity contribution in [3.05, 3.63) is 11.8 Å². The third-order valence-corrected chi connectivity index (χ3v) is 5.29. The second-order valence-corrected chi connectivity index (χ2v) is 7.02. The van der Waals surface area contributed by atoms with Crippen LogP contribution in [0.2, 0.25) is 0 Å². The van der Waals surface area contributed by atoms with Gasteiger partial charge >= 0.3 is 0 Å². The first-order valence-corrected chi connectivity index (χ1v) is 9.14. The van der Waals surface area contributed by atoms with Crippen LogP contribution in [-0.4, -0.2) is 36.6 Å². The average Bonchev–Trinajstić information content (AvgIpc) is 3.33. The number of aliphatic hydroxyl groups is 1. The molecule has 3 rings (SSSR count). The summed E-state index contributed by atoms with van der Waals surface area (Å²) in [5, 5.41) is 12.2. The summed E-state index contributed by atoms with van der Waals surface area (Å²) in [5.41, 5.74) is 0. The fourth-order valence-electron chi connectivity index (χ4n) is 3.61. The number of carbonyl (C=O) groups is 1. The van der Waals surface area contributed by atoms with Gasteiger partial charge in [-0.15, -0.1) is 0 Å². The molecule has 0 aromatic carbocycles. The Bertz CT molecular complexity index is 442. The van der Waals surface area contributed by atoms with Crippen LogP contribution < -0.4 is 5.32 Å². The minimum absolute atomic E-state index is 0.0920. The highest BCUT2D eigenvalue weighted by molar-refractivity contribution is 5.91. The van der Waals surface area contributed by atoms with Gasteiger partial charge in [0.25, 0.3) is 5.91 Å². The number of hydrogen-bond donors (Lipinski definition) is 2. The fourth-order valence-corrected chi connectivity index (χ4v) is 3.61. The molecule has 0 aromatic rings. The first-order chi connectivity index (χ1) is 11.2. The summed E-state index contributed by atoms with van der Waals surface area (Å²) >= 11 is 0. The van der Waals surface area contributed by atoms with Crippen molar-refractivity contribution < 1.29 is 19.4 Å². The molecule has 0 bridgehead atoms. The molecule has 0 radical (unpaired) electrons. The standard InChI is InChI=1S/C18H29NO4/c1-2-22-18-14(7-4-10-20)15(12-8-9-12)11-16(23-18)17(21)19-13-5-3-6-13/h11-15,18,20H,2-10H2,1H3,(H,19,21)/t14-,15+,18+/m1/s1. The highest BCUT2D eigenvalue weighted by atomic mass is 16.7. The molecule has 3 aliphatic rings. The summed E-state index contributed by atoms with van der Waals surface area (Å²) in [6.07, 6.45) is 9.04. The third-order valence-electron chi connectivity index (χ3n) is 5.29. The topological polar surface area (TPSA) is 67.8 Å². The van der Waals surface area contributed by atoms with Gasteiger partial charge in [-0.2, -0.15) is 0 Å². The average molecular weight is 323 g/mol. The number of rotatable bonds is 8. The number of nitrogens with one attached hydrogen (secondary N) is 1. The number of carbonyl (C=O) groups excluding carboxylic acids is 1. The summed E-state index contributed by atoms with van der Waals surface area (Å²) in [7, 11) is 0. The van der Waals surface area contributed by atoms with Gasteiger partial charge in [-0.3, -0.25) is 4.79 Å². The van der Waals surface area contributed by atoms with E-state index in [2.05, 4.69) is 5.32 Å². The zero-order chi connectivity index (χ0) is 16.2. The predicted octanol–water partition coefficient (Wildman–Crippen LogP) is 2.35. The molecule has 2 aliphatic carbocycles. The normalized spacial score (nSPS) is 31.0. The van der Waals surface area contributed by atoms with Crippen LogP contribution in [0.3, 0.4) is 0 Å². The van der Waals surface area contributed by atoms with E-state index in [0.717, 1.165) is 25.7 Å². The number of aliphatic hydroxyl groups excluding tert-OH is 1. The van der Waals surface area contributed by atoms with Crippen LogP contribution in [-0.2, 0) is 14.3 Å². The smallest absolute Gasteiger partial charge is 0.286 e. The van der Waals surface area contributed by atoms with Crippen LogP contribution >= 0.6 is 0 Å². The lowest BCUT2D eigenvalue weighted by molar-refractivity contribution is -0.174. The van der Waals surface area contributed by atoms with E-state index in [1.54, 1.807) is 0 Å². The lowest BCUT2D eigenvalue weighted by atomic mass is 9.82. The van der Waals surface area contributed by atoms with E-state index < -0.39 is 0 Å².